The van der Waals surface area contributed by atoms with E-state index in [-0.39, 0.29) is 24.1 Å². The lowest BCUT2D eigenvalue weighted by Gasteiger charge is -2.10. The maximum absolute atomic E-state index is 12.8. The van der Waals surface area contributed by atoms with E-state index in [9.17, 15) is 14.0 Å². The SMILES string of the molecule is Cc1cc(COC(=O)C(C)SCC(=O)Nc2ccc(F)cc2)no1. The van der Waals surface area contributed by atoms with Gasteiger partial charge in [0, 0.05) is 11.8 Å². The minimum atomic E-state index is -0.503. The second-order valence-electron chi connectivity index (χ2n) is 5.04. The van der Waals surface area contributed by atoms with E-state index in [0.29, 0.717) is 17.1 Å². The fourth-order valence-corrected chi connectivity index (χ4v) is 2.43. The van der Waals surface area contributed by atoms with Gasteiger partial charge in [-0.2, -0.15) is 0 Å². The molecule has 2 aromatic rings. The van der Waals surface area contributed by atoms with Crippen LogP contribution in [-0.2, 0) is 20.9 Å². The number of thioether (sulfide) groups is 1. The maximum Gasteiger partial charge on any atom is 0.319 e. The van der Waals surface area contributed by atoms with Gasteiger partial charge in [0.15, 0.2) is 0 Å². The molecule has 24 heavy (non-hydrogen) atoms. The first-order valence-electron chi connectivity index (χ1n) is 7.20. The molecule has 0 radical (unpaired) electrons. The number of nitrogens with zero attached hydrogens (tertiary/aromatic N) is 1. The van der Waals surface area contributed by atoms with E-state index in [1.165, 1.54) is 24.3 Å². The molecule has 0 aliphatic rings. The van der Waals surface area contributed by atoms with Crippen molar-refractivity contribution < 1.29 is 23.2 Å². The van der Waals surface area contributed by atoms with Crippen molar-refractivity contribution in [1.29, 1.82) is 0 Å². The van der Waals surface area contributed by atoms with E-state index in [2.05, 4.69) is 10.5 Å². The Hall–Kier alpha value is -2.35. The summed E-state index contributed by atoms with van der Waals surface area (Å²) in [5, 5.41) is 5.84. The molecule has 1 unspecified atom stereocenters. The Bertz CT molecular complexity index is 702. The molecule has 0 fully saturated rings. The molecule has 1 N–H and O–H groups in total. The quantitative estimate of drug-likeness (QED) is 0.772. The number of carbonyl (C=O) groups is 2. The van der Waals surface area contributed by atoms with Gasteiger partial charge in [0.25, 0.3) is 0 Å². The van der Waals surface area contributed by atoms with Crippen molar-refractivity contribution in [3.63, 3.8) is 0 Å². The van der Waals surface area contributed by atoms with Crippen molar-refractivity contribution in [1.82, 2.24) is 5.16 Å². The number of aryl methyl sites for hydroxylation is 1. The van der Waals surface area contributed by atoms with Crippen LogP contribution in [0.25, 0.3) is 0 Å². The van der Waals surface area contributed by atoms with Gasteiger partial charge in [0.05, 0.1) is 5.75 Å². The number of anilines is 1. The van der Waals surface area contributed by atoms with Crippen LogP contribution in [0.3, 0.4) is 0 Å². The van der Waals surface area contributed by atoms with E-state index >= 15 is 0 Å². The largest absolute Gasteiger partial charge is 0.458 e. The summed E-state index contributed by atoms with van der Waals surface area (Å²) in [4.78, 5) is 23.7. The molecule has 1 heterocycles. The molecule has 8 heteroatoms. The third kappa shape index (κ3) is 5.69. The topological polar surface area (TPSA) is 81.4 Å². The van der Waals surface area contributed by atoms with Gasteiger partial charge in [-0.3, -0.25) is 9.59 Å². The predicted octanol–water partition coefficient (Wildman–Crippen LogP) is 2.93. The molecule has 1 aromatic carbocycles. The number of nitrogens with one attached hydrogen (secondary N) is 1. The van der Waals surface area contributed by atoms with Crippen molar-refractivity contribution >= 4 is 29.3 Å². The molecule has 0 bridgehead atoms. The summed E-state index contributed by atoms with van der Waals surface area (Å²) in [5.74, 6) is -0.368. The van der Waals surface area contributed by atoms with Crippen LogP contribution in [0.15, 0.2) is 34.9 Å². The van der Waals surface area contributed by atoms with Gasteiger partial charge in [0.1, 0.15) is 29.1 Å². The summed E-state index contributed by atoms with van der Waals surface area (Å²) in [5.41, 5.74) is 1.03. The number of halogens is 1. The lowest BCUT2D eigenvalue weighted by Crippen LogP contribution is -2.21. The Morgan fingerprint density at radius 3 is 2.71 bits per heavy atom. The lowest BCUT2D eigenvalue weighted by molar-refractivity contribution is -0.144. The molecular weight excluding hydrogens is 335 g/mol. The normalized spacial score (nSPS) is 11.8. The fourth-order valence-electron chi connectivity index (χ4n) is 1.75. The number of esters is 1. The molecule has 1 amide bonds. The van der Waals surface area contributed by atoms with Gasteiger partial charge < -0.3 is 14.6 Å². The molecule has 0 spiro atoms. The third-order valence-corrected chi connectivity index (χ3v) is 4.08. The zero-order chi connectivity index (χ0) is 17.5. The second-order valence-corrected chi connectivity index (χ2v) is 6.37. The summed E-state index contributed by atoms with van der Waals surface area (Å²) in [6.07, 6.45) is 0. The first kappa shape index (κ1) is 18.0. The minimum Gasteiger partial charge on any atom is -0.458 e. The highest BCUT2D eigenvalue weighted by atomic mass is 32.2. The van der Waals surface area contributed by atoms with Gasteiger partial charge in [-0.25, -0.2) is 4.39 Å². The number of hydrogen-bond acceptors (Lipinski definition) is 6. The lowest BCUT2D eigenvalue weighted by atomic mass is 10.3. The van der Waals surface area contributed by atoms with Crippen molar-refractivity contribution in [2.75, 3.05) is 11.1 Å². The Labute approximate surface area is 142 Å². The van der Waals surface area contributed by atoms with Crippen LogP contribution in [0.2, 0.25) is 0 Å². The van der Waals surface area contributed by atoms with Crippen LogP contribution in [0.5, 0.6) is 0 Å². The molecule has 2 rings (SSSR count). The molecule has 6 nitrogen and oxygen atoms in total. The van der Waals surface area contributed by atoms with E-state index in [4.69, 9.17) is 9.26 Å². The molecule has 0 aliphatic heterocycles. The van der Waals surface area contributed by atoms with Crippen LogP contribution in [-0.4, -0.2) is 28.0 Å². The molecule has 1 atom stereocenters. The Balaban J connectivity index is 1.71. The predicted molar refractivity (Wildman–Crippen MR) is 88.0 cm³/mol. The van der Waals surface area contributed by atoms with E-state index in [1.54, 1.807) is 19.9 Å². The van der Waals surface area contributed by atoms with Crippen LogP contribution in [0, 0.1) is 12.7 Å². The molecule has 128 valence electrons. The highest BCUT2D eigenvalue weighted by molar-refractivity contribution is 8.01. The van der Waals surface area contributed by atoms with E-state index < -0.39 is 11.2 Å². The van der Waals surface area contributed by atoms with Crippen LogP contribution in [0.1, 0.15) is 18.4 Å². The third-order valence-electron chi connectivity index (χ3n) is 2.96. The number of ether oxygens (including phenoxy) is 1. The number of rotatable bonds is 7. The molecular formula is C16H17FN2O4S. The number of aromatic nitrogens is 1. The van der Waals surface area contributed by atoms with Gasteiger partial charge in [-0.1, -0.05) is 5.16 Å². The van der Waals surface area contributed by atoms with Crippen LogP contribution in [0.4, 0.5) is 10.1 Å². The van der Waals surface area contributed by atoms with Crippen molar-refractivity contribution in [2.45, 2.75) is 25.7 Å². The Morgan fingerprint density at radius 2 is 2.08 bits per heavy atom. The van der Waals surface area contributed by atoms with Crippen molar-refractivity contribution in [2.24, 2.45) is 0 Å². The van der Waals surface area contributed by atoms with Crippen molar-refractivity contribution in [3.8, 4) is 0 Å². The van der Waals surface area contributed by atoms with Crippen LogP contribution < -0.4 is 5.32 Å². The zero-order valence-corrected chi connectivity index (χ0v) is 14.1. The first-order valence-corrected chi connectivity index (χ1v) is 8.25. The standard InChI is InChI=1S/C16H17FN2O4S/c1-10-7-14(19-23-10)8-22-16(21)11(2)24-9-15(20)18-13-5-3-12(17)4-6-13/h3-7,11H,8-9H2,1-2H3,(H,18,20). The van der Waals surface area contributed by atoms with E-state index in [0.717, 1.165) is 11.8 Å². The average molecular weight is 352 g/mol. The Morgan fingerprint density at radius 1 is 1.38 bits per heavy atom. The average Bonchev–Trinajstić information content (AvgIpc) is 2.98. The second kappa shape index (κ2) is 8.49. The van der Waals surface area contributed by atoms with Gasteiger partial charge in [-0.15, -0.1) is 11.8 Å². The highest BCUT2D eigenvalue weighted by Crippen LogP contribution is 2.15. The van der Waals surface area contributed by atoms with Gasteiger partial charge in [0.2, 0.25) is 5.91 Å². The molecule has 0 saturated carbocycles. The van der Waals surface area contributed by atoms with Crippen molar-refractivity contribution in [3.05, 3.63) is 47.6 Å². The summed E-state index contributed by atoms with van der Waals surface area (Å²) in [7, 11) is 0. The summed E-state index contributed by atoms with van der Waals surface area (Å²) >= 11 is 1.15. The first-order chi connectivity index (χ1) is 11.4. The maximum atomic E-state index is 12.8. The smallest absolute Gasteiger partial charge is 0.319 e. The molecule has 0 aliphatic carbocycles. The number of amides is 1. The number of carbonyl (C=O) groups excluding carboxylic acids is 2. The Kier molecular flexibility index (Phi) is 6.36. The zero-order valence-electron chi connectivity index (χ0n) is 13.2. The summed E-state index contributed by atoms with van der Waals surface area (Å²) < 4.78 is 22.8. The molecule has 0 saturated heterocycles. The molecule has 1 aromatic heterocycles. The fraction of sp³-hybridized carbons (Fsp3) is 0.312. The summed E-state index contributed by atoms with van der Waals surface area (Å²) in [6.45, 7) is 3.44. The summed E-state index contributed by atoms with van der Waals surface area (Å²) in [6, 6.07) is 7.13. The highest BCUT2D eigenvalue weighted by Gasteiger charge is 2.17. The van der Waals surface area contributed by atoms with Gasteiger partial charge in [-0.05, 0) is 38.1 Å². The monoisotopic (exact) mass is 352 g/mol. The minimum absolute atomic E-state index is 0.0306. The van der Waals surface area contributed by atoms with Gasteiger partial charge >= 0.3 is 5.97 Å². The number of hydrogen-bond donors (Lipinski definition) is 1. The number of benzene rings is 1. The van der Waals surface area contributed by atoms with E-state index in [1.807, 2.05) is 0 Å². The van der Waals surface area contributed by atoms with Crippen LogP contribution >= 0.6 is 11.8 Å².